The lowest BCUT2D eigenvalue weighted by Crippen LogP contribution is -2.23. The fraction of sp³-hybridized carbons (Fsp3) is 0.176. The number of amides is 2. The standard InChI is InChI=1S/C17H17N3O4S/c1-2-18-17(22)12-4-3-5-13(10-12)19-16(21)11-25-15-8-6-14(7-9-15)20(23)24/h3-10H,2,11H2,1H3,(H,18,22)(H,19,21). The highest BCUT2D eigenvalue weighted by molar-refractivity contribution is 8.00. The van der Waals surface area contributed by atoms with E-state index in [4.69, 9.17) is 0 Å². The van der Waals surface area contributed by atoms with Crippen LogP contribution in [0.15, 0.2) is 53.4 Å². The first-order valence-corrected chi connectivity index (χ1v) is 8.53. The molecular weight excluding hydrogens is 342 g/mol. The Labute approximate surface area is 149 Å². The lowest BCUT2D eigenvalue weighted by atomic mass is 10.2. The topological polar surface area (TPSA) is 101 Å². The van der Waals surface area contributed by atoms with E-state index in [0.717, 1.165) is 4.90 Å². The molecule has 2 N–H and O–H groups in total. The van der Waals surface area contributed by atoms with E-state index >= 15 is 0 Å². The van der Waals surface area contributed by atoms with Gasteiger partial charge in [0.1, 0.15) is 0 Å². The molecule has 0 bridgehead atoms. The first-order chi connectivity index (χ1) is 12.0. The van der Waals surface area contributed by atoms with Crippen LogP contribution in [0.2, 0.25) is 0 Å². The van der Waals surface area contributed by atoms with Gasteiger partial charge in [-0.2, -0.15) is 0 Å². The maximum absolute atomic E-state index is 12.0. The summed E-state index contributed by atoms with van der Waals surface area (Å²) in [4.78, 5) is 34.7. The second kappa shape index (κ2) is 8.84. The van der Waals surface area contributed by atoms with Crippen molar-refractivity contribution in [2.45, 2.75) is 11.8 Å². The van der Waals surface area contributed by atoms with Crippen LogP contribution < -0.4 is 10.6 Å². The summed E-state index contributed by atoms with van der Waals surface area (Å²) in [7, 11) is 0. The fourth-order valence-electron chi connectivity index (χ4n) is 2.01. The van der Waals surface area contributed by atoms with Crippen molar-refractivity contribution in [2.75, 3.05) is 17.6 Å². The van der Waals surface area contributed by atoms with Gasteiger partial charge in [-0.05, 0) is 37.3 Å². The number of nitro groups is 1. The highest BCUT2D eigenvalue weighted by Crippen LogP contribution is 2.21. The normalized spacial score (nSPS) is 10.1. The fourth-order valence-corrected chi connectivity index (χ4v) is 2.71. The van der Waals surface area contributed by atoms with E-state index in [0.29, 0.717) is 17.8 Å². The van der Waals surface area contributed by atoms with Gasteiger partial charge in [0, 0.05) is 34.8 Å². The lowest BCUT2D eigenvalue weighted by Gasteiger charge is -2.07. The van der Waals surface area contributed by atoms with Crippen molar-refractivity contribution >= 4 is 35.0 Å². The smallest absolute Gasteiger partial charge is 0.269 e. The van der Waals surface area contributed by atoms with Crippen LogP contribution in [0.4, 0.5) is 11.4 Å². The number of carbonyl (C=O) groups is 2. The predicted octanol–water partition coefficient (Wildman–Crippen LogP) is 3.08. The summed E-state index contributed by atoms with van der Waals surface area (Å²) >= 11 is 1.27. The second-order valence-electron chi connectivity index (χ2n) is 5.03. The maximum Gasteiger partial charge on any atom is 0.269 e. The number of anilines is 1. The molecule has 0 aromatic heterocycles. The number of benzene rings is 2. The molecule has 0 spiro atoms. The lowest BCUT2D eigenvalue weighted by molar-refractivity contribution is -0.384. The molecule has 130 valence electrons. The monoisotopic (exact) mass is 359 g/mol. The molecule has 0 saturated carbocycles. The summed E-state index contributed by atoms with van der Waals surface area (Å²) in [5.41, 5.74) is 1.02. The number of non-ortho nitro benzene ring substituents is 1. The van der Waals surface area contributed by atoms with Gasteiger partial charge in [-0.25, -0.2) is 0 Å². The number of nitrogens with zero attached hydrogens (tertiary/aromatic N) is 1. The minimum atomic E-state index is -0.469. The summed E-state index contributed by atoms with van der Waals surface area (Å²) in [6, 6.07) is 12.7. The molecule has 2 amide bonds. The summed E-state index contributed by atoms with van der Waals surface area (Å²) in [5, 5.41) is 16.0. The van der Waals surface area contributed by atoms with Crippen molar-refractivity contribution in [1.82, 2.24) is 5.32 Å². The van der Waals surface area contributed by atoms with Crippen LogP contribution in [0.25, 0.3) is 0 Å². The number of carbonyl (C=O) groups excluding carboxylic acids is 2. The van der Waals surface area contributed by atoms with Crippen LogP contribution in [0.3, 0.4) is 0 Å². The van der Waals surface area contributed by atoms with Gasteiger partial charge in [-0.3, -0.25) is 19.7 Å². The summed E-state index contributed by atoms with van der Waals surface area (Å²) in [6.07, 6.45) is 0. The third kappa shape index (κ3) is 5.61. The molecule has 0 aliphatic heterocycles. The van der Waals surface area contributed by atoms with E-state index in [-0.39, 0.29) is 23.3 Å². The van der Waals surface area contributed by atoms with E-state index in [9.17, 15) is 19.7 Å². The van der Waals surface area contributed by atoms with Gasteiger partial charge in [0.15, 0.2) is 0 Å². The summed E-state index contributed by atoms with van der Waals surface area (Å²) < 4.78 is 0. The van der Waals surface area contributed by atoms with Crippen molar-refractivity contribution in [3.63, 3.8) is 0 Å². The van der Waals surface area contributed by atoms with Gasteiger partial charge in [-0.15, -0.1) is 11.8 Å². The van der Waals surface area contributed by atoms with Gasteiger partial charge in [0.2, 0.25) is 5.91 Å². The molecule has 0 aliphatic rings. The van der Waals surface area contributed by atoms with Gasteiger partial charge in [0.25, 0.3) is 11.6 Å². The molecule has 0 atom stereocenters. The number of hydrogen-bond donors (Lipinski definition) is 2. The van der Waals surface area contributed by atoms with Gasteiger partial charge in [0.05, 0.1) is 10.7 Å². The van der Waals surface area contributed by atoms with Crippen LogP contribution in [-0.2, 0) is 4.79 Å². The van der Waals surface area contributed by atoms with Crippen molar-refractivity contribution in [2.24, 2.45) is 0 Å². The Morgan fingerprint density at radius 2 is 1.88 bits per heavy atom. The van der Waals surface area contributed by atoms with Crippen molar-refractivity contribution in [3.05, 3.63) is 64.2 Å². The van der Waals surface area contributed by atoms with Crippen LogP contribution in [0, 0.1) is 10.1 Å². The zero-order valence-corrected chi connectivity index (χ0v) is 14.3. The first kappa shape index (κ1) is 18.5. The highest BCUT2D eigenvalue weighted by Gasteiger charge is 2.09. The largest absolute Gasteiger partial charge is 0.352 e. The Morgan fingerprint density at radius 3 is 2.52 bits per heavy atom. The van der Waals surface area contributed by atoms with Gasteiger partial charge >= 0.3 is 0 Å². The van der Waals surface area contributed by atoms with E-state index < -0.39 is 4.92 Å². The summed E-state index contributed by atoms with van der Waals surface area (Å²) in [6.45, 7) is 2.36. The van der Waals surface area contributed by atoms with Crippen molar-refractivity contribution < 1.29 is 14.5 Å². The SMILES string of the molecule is CCNC(=O)c1cccc(NC(=O)CSc2ccc([N+](=O)[O-])cc2)c1. The number of nitrogens with one attached hydrogen (secondary N) is 2. The molecule has 2 aromatic carbocycles. The van der Waals surface area contributed by atoms with E-state index in [1.165, 1.54) is 23.9 Å². The average Bonchev–Trinajstić information content (AvgIpc) is 2.61. The minimum absolute atomic E-state index is 0.0102. The molecule has 8 heteroatoms. The molecule has 0 fully saturated rings. The van der Waals surface area contributed by atoms with Crippen LogP contribution in [-0.4, -0.2) is 29.0 Å². The van der Waals surface area contributed by atoms with Crippen LogP contribution in [0.1, 0.15) is 17.3 Å². The Balaban J connectivity index is 1.90. The number of hydrogen-bond acceptors (Lipinski definition) is 5. The highest BCUT2D eigenvalue weighted by atomic mass is 32.2. The molecule has 0 aliphatic carbocycles. The maximum atomic E-state index is 12.0. The average molecular weight is 359 g/mol. The van der Waals surface area contributed by atoms with Crippen molar-refractivity contribution in [1.29, 1.82) is 0 Å². The molecule has 0 saturated heterocycles. The molecular formula is C17H17N3O4S. The molecule has 0 unspecified atom stereocenters. The molecule has 25 heavy (non-hydrogen) atoms. The molecule has 2 rings (SSSR count). The molecule has 0 heterocycles. The Morgan fingerprint density at radius 1 is 1.16 bits per heavy atom. The molecule has 2 aromatic rings. The number of rotatable bonds is 7. The van der Waals surface area contributed by atoms with Gasteiger partial charge in [-0.1, -0.05) is 6.07 Å². The van der Waals surface area contributed by atoms with Gasteiger partial charge < -0.3 is 10.6 Å². The summed E-state index contributed by atoms with van der Waals surface area (Å²) in [5.74, 6) is -0.265. The van der Waals surface area contributed by atoms with E-state index in [2.05, 4.69) is 10.6 Å². The van der Waals surface area contributed by atoms with Crippen LogP contribution >= 0.6 is 11.8 Å². The second-order valence-corrected chi connectivity index (χ2v) is 6.08. The minimum Gasteiger partial charge on any atom is -0.352 e. The quantitative estimate of drug-likeness (QED) is 0.449. The molecule has 0 radical (unpaired) electrons. The predicted molar refractivity (Wildman–Crippen MR) is 96.9 cm³/mol. The Hall–Kier alpha value is -2.87. The number of nitro benzene ring substituents is 1. The van der Waals surface area contributed by atoms with E-state index in [1.54, 1.807) is 36.4 Å². The number of thioether (sulfide) groups is 1. The zero-order chi connectivity index (χ0) is 18.2. The molecule has 7 nitrogen and oxygen atoms in total. The van der Waals surface area contributed by atoms with E-state index in [1.807, 2.05) is 6.92 Å². The Bertz CT molecular complexity index is 778. The third-order valence-electron chi connectivity index (χ3n) is 3.16. The third-order valence-corrected chi connectivity index (χ3v) is 4.18. The zero-order valence-electron chi connectivity index (χ0n) is 13.5. The van der Waals surface area contributed by atoms with Crippen molar-refractivity contribution in [3.8, 4) is 0 Å². The first-order valence-electron chi connectivity index (χ1n) is 7.55. The van der Waals surface area contributed by atoms with Crippen LogP contribution in [0.5, 0.6) is 0 Å². The Kier molecular flexibility index (Phi) is 6.53.